The predicted octanol–water partition coefficient (Wildman–Crippen LogP) is 2.14. The SMILES string of the molecule is CN(Cc1ccccc1)c1nc(Cl)nc2c1ncn2[C@@H]1O[C@H](C[O])[C@@H](O)[C@@H]1F. The molecule has 0 spiro atoms. The predicted molar refractivity (Wildman–Crippen MR) is 99.2 cm³/mol. The van der Waals surface area contributed by atoms with E-state index in [1.54, 1.807) is 0 Å². The van der Waals surface area contributed by atoms with Gasteiger partial charge in [0, 0.05) is 13.6 Å². The van der Waals surface area contributed by atoms with Crippen LogP contribution >= 0.6 is 11.6 Å². The van der Waals surface area contributed by atoms with Crippen molar-refractivity contribution in [1.29, 1.82) is 0 Å². The van der Waals surface area contributed by atoms with E-state index < -0.39 is 31.2 Å². The summed E-state index contributed by atoms with van der Waals surface area (Å²) in [4.78, 5) is 14.6. The van der Waals surface area contributed by atoms with E-state index in [1.807, 2.05) is 42.3 Å². The molecule has 8 nitrogen and oxygen atoms in total. The Kier molecular flexibility index (Phi) is 5.15. The van der Waals surface area contributed by atoms with E-state index in [0.717, 1.165) is 5.56 Å². The van der Waals surface area contributed by atoms with E-state index in [0.29, 0.717) is 17.9 Å². The Hall–Kier alpha value is -2.33. The van der Waals surface area contributed by atoms with Gasteiger partial charge in [-0.1, -0.05) is 30.3 Å². The number of rotatable bonds is 5. The molecule has 0 bridgehead atoms. The third-order valence-electron chi connectivity index (χ3n) is 4.73. The second kappa shape index (κ2) is 7.59. The van der Waals surface area contributed by atoms with Gasteiger partial charge in [0.2, 0.25) is 5.28 Å². The van der Waals surface area contributed by atoms with Crippen molar-refractivity contribution in [2.24, 2.45) is 0 Å². The number of imidazole rings is 1. The van der Waals surface area contributed by atoms with Crippen LogP contribution < -0.4 is 4.90 Å². The fraction of sp³-hybridized carbons (Fsp3) is 0.389. The lowest BCUT2D eigenvalue weighted by Gasteiger charge is -2.19. The molecule has 3 heterocycles. The molecule has 4 rings (SSSR count). The number of alkyl halides is 1. The molecule has 0 saturated carbocycles. The fourth-order valence-electron chi connectivity index (χ4n) is 3.33. The average Bonchev–Trinajstić information content (AvgIpc) is 3.23. The number of aromatic nitrogens is 4. The van der Waals surface area contributed by atoms with Gasteiger partial charge in [-0.15, -0.1) is 0 Å². The van der Waals surface area contributed by atoms with Gasteiger partial charge in [-0.3, -0.25) is 4.57 Å². The normalized spacial score (nSPS) is 24.8. The number of aliphatic hydroxyl groups excluding tert-OH is 1. The highest BCUT2D eigenvalue weighted by atomic mass is 35.5. The Bertz CT molecular complexity index is 973. The van der Waals surface area contributed by atoms with Crippen LogP contribution in [0.5, 0.6) is 0 Å². The van der Waals surface area contributed by atoms with E-state index in [2.05, 4.69) is 15.0 Å². The Morgan fingerprint density at radius 3 is 2.75 bits per heavy atom. The van der Waals surface area contributed by atoms with Gasteiger partial charge in [-0.2, -0.15) is 9.97 Å². The van der Waals surface area contributed by atoms with Gasteiger partial charge >= 0.3 is 0 Å². The Labute approximate surface area is 165 Å². The summed E-state index contributed by atoms with van der Waals surface area (Å²) in [6.45, 7) is -0.190. The summed E-state index contributed by atoms with van der Waals surface area (Å²) in [5, 5.41) is 20.9. The molecule has 28 heavy (non-hydrogen) atoms. The summed E-state index contributed by atoms with van der Waals surface area (Å²) in [5.74, 6) is 0.479. The minimum Gasteiger partial charge on any atom is -0.387 e. The first kappa shape index (κ1) is 19.0. The summed E-state index contributed by atoms with van der Waals surface area (Å²) in [6, 6.07) is 9.79. The lowest BCUT2D eigenvalue weighted by Crippen LogP contribution is -2.30. The van der Waals surface area contributed by atoms with Gasteiger partial charge in [0.05, 0.1) is 6.33 Å². The van der Waals surface area contributed by atoms with Crippen LogP contribution in [0.1, 0.15) is 11.8 Å². The van der Waals surface area contributed by atoms with Crippen molar-refractivity contribution in [2.75, 3.05) is 18.6 Å². The minimum absolute atomic E-state index is 0.0292. The van der Waals surface area contributed by atoms with Crippen molar-refractivity contribution >= 4 is 28.6 Å². The standard InChI is InChI=1S/C18H18ClFN5O3/c1-24(7-10-5-3-2-4-6-10)15-13-16(23-18(19)22-15)25(9-21-13)17-12(20)14(27)11(8-26)28-17/h2-6,9,11-12,14,17,27H,7-8H2,1H3/t11-,12+,14-,17-/m1/s1. The maximum absolute atomic E-state index is 14.5. The summed E-state index contributed by atoms with van der Waals surface area (Å²) >= 11 is 6.10. The van der Waals surface area contributed by atoms with Gasteiger partial charge in [-0.05, 0) is 17.2 Å². The maximum Gasteiger partial charge on any atom is 0.226 e. The second-order valence-electron chi connectivity index (χ2n) is 6.65. The molecule has 3 aromatic rings. The molecule has 1 saturated heterocycles. The van der Waals surface area contributed by atoms with Crippen LogP contribution in [0.3, 0.4) is 0 Å². The number of benzene rings is 1. The van der Waals surface area contributed by atoms with E-state index in [1.165, 1.54) is 10.9 Å². The quantitative estimate of drug-likeness (QED) is 0.652. The number of nitrogens with zero attached hydrogens (tertiary/aromatic N) is 5. The Morgan fingerprint density at radius 1 is 1.32 bits per heavy atom. The smallest absolute Gasteiger partial charge is 0.226 e. The van der Waals surface area contributed by atoms with Crippen molar-refractivity contribution in [2.45, 2.75) is 31.2 Å². The molecule has 4 atom stereocenters. The number of fused-ring (bicyclic) bond motifs is 1. The third kappa shape index (κ3) is 3.30. The molecule has 1 aliphatic rings. The zero-order chi connectivity index (χ0) is 19.8. The van der Waals surface area contributed by atoms with Crippen molar-refractivity contribution < 1.29 is 19.3 Å². The largest absolute Gasteiger partial charge is 0.387 e. The van der Waals surface area contributed by atoms with Crippen molar-refractivity contribution in [3.05, 3.63) is 47.5 Å². The van der Waals surface area contributed by atoms with Crippen LogP contribution in [-0.2, 0) is 16.4 Å². The molecular formula is C18H18ClFN5O3. The highest BCUT2D eigenvalue weighted by molar-refractivity contribution is 6.28. The van der Waals surface area contributed by atoms with Gasteiger partial charge in [0.1, 0.15) is 18.8 Å². The summed E-state index contributed by atoms with van der Waals surface area (Å²) in [6.07, 6.45) is -4.27. The number of halogens is 2. The van der Waals surface area contributed by atoms with E-state index >= 15 is 0 Å². The zero-order valence-corrected chi connectivity index (χ0v) is 15.7. The van der Waals surface area contributed by atoms with Gasteiger partial charge in [0.25, 0.3) is 0 Å². The molecule has 1 radical (unpaired) electrons. The molecule has 2 aromatic heterocycles. The highest BCUT2D eigenvalue weighted by Gasteiger charge is 2.45. The van der Waals surface area contributed by atoms with E-state index in [9.17, 15) is 14.6 Å². The van der Waals surface area contributed by atoms with Crippen LogP contribution in [-0.4, -0.2) is 56.7 Å². The van der Waals surface area contributed by atoms with Gasteiger partial charge < -0.3 is 14.7 Å². The molecule has 0 amide bonds. The van der Waals surface area contributed by atoms with Crippen molar-refractivity contribution in [1.82, 2.24) is 19.5 Å². The van der Waals surface area contributed by atoms with Gasteiger partial charge in [0.15, 0.2) is 29.4 Å². The van der Waals surface area contributed by atoms with Crippen LogP contribution in [0.15, 0.2) is 36.7 Å². The average molecular weight is 407 g/mol. The lowest BCUT2D eigenvalue weighted by atomic mass is 10.1. The van der Waals surface area contributed by atoms with E-state index in [4.69, 9.17) is 16.3 Å². The number of aliphatic hydroxyl groups is 1. The molecule has 1 aromatic carbocycles. The van der Waals surface area contributed by atoms with Crippen LogP contribution in [0, 0.1) is 0 Å². The fourth-order valence-corrected chi connectivity index (χ4v) is 3.49. The molecule has 1 aliphatic heterocycles. The Morgan fingerprint density at radius 2 is 2.07 bits per heavy atom. The van der Waals surface area contributed by atoms with Crippen LogP contribution in [0.25, 0.3) is 11.2 Å². The zero-order valence-electron chi connectivity index (χ0n) is 14.9. The minimum atomic E-state index is -1.78. The monoisotopic (exact) mass is 406 g/mol. The lowest BCUT2D eigenvalue weighted by molar-refractivity contribution is -0.0593. The first-order valence-corrected chi connectivity index (χ1v) is 9.08. The van der Waals surface area contributed by atoms with E-state index in [-0.39, 0.29) is 10.9 Å². The number of ether oxygens (including phenoxy) is 1. The highest BCUT2D eigenvalue weighted by Crippen LogP contribution is 2.35. The number of hydrogen-bond donors (Lipinski definition) is 1. The maximum atomic E-state index is 14.5. The Balaban J connectivity index is 1.71. The van der Waals surface area contributed by atoms with Gasteiger partial charge in [-0.25, -0.2) is 14.5 Å². The molecule has 10 heteroatoms. The molecule has 1 N–H and O–H groups in total. The van der Waals surface area contributed by atoms with Crippen LogP contribution in [0.4, 0.5) is 10.2 Å². The number of hydrogen-bond acceptors (Lipinski definition) is 6. The third-order valence-corrected chi connectivity index (χ3v) is 4.90. The van der Waals surface area contributed by atoms with Crippen molar-refractivity contribution in [3.8, 4) is 0 Å². The first-order chi connectivity index (χ1) is 13.5. The topological polar surface area (TPSA) is 96.2 Å². The van der Waals surface area contributed by atoms with Crippen LogP contribution in [0.2, 0.25) is 5.28 Å². The molecule has 1 fully saturated rings. The summed E-state index contributed by atoms with van der Waals surface area (Å²) in [5.41, 5.74) is 1.75. The number of anilines is 1. The molecule has 147 valence electrons. The summed E-state index contributed by atoms with van der Waals surface area (Å²) in [7, 11) is 1.84. The molecule has 0 aliphatic carbocycles. The molecular weight excluding hydrogens is 389 g/mol. The molecule has 0 unspecified atom stereocenters. The summed E-state index contributed by atoms with van der Waals surface area (Å²) < 4.78 is 21.2. The first-order valence-electron chi connectivity index (χ1n) is 8.70. The van der Waals surface area contributed by atoms with Crippen molar-refractivity contribution in [3.63, 3.8) is 0 Å². The second-order valence-corrected chi connectivity index (χ2v) is 6.99.